The number of halogens is 1. The molecule has 1 aromatic carbocycles. The van der Waals surface area contributed by atoms with E-state index in [0.29, 0.717) is 16.4 Å². The molecule has 3 nitrogen and oxygen atoms in total. The third-order valence-corrected chi connectivity index (χ3v) is 3.15. The van der Waals surface area contributed by atoms with Crippen LogP contribution in [0.2, 0.25) is 0 Å². The first-order valence-corrected chi connectivity index (χ1v) is 5.63. The Bertz CT molecular complexity index is 836. The fourth-order valence-corrected chi connectivity index (χ4v) is 2.21. The largest absolute Gasteiger partial charge is 0.311 e. The molecule has 0 saturated heterocycles. The standard InChI is InChI=1S/C14H11FN2O/c1-8-3-5-11-13(16-8)10-6-4-9(15)7-12(10)17(2)14(11)18/h3-7H,1-2H3. The molecular formula is C14H11FN2O. The van der Waals surface area contributed by atoms with Crippen molar-refractivity contribution in [2.75, 3.05) is 0 Å². The Labute approximate surface area is 103 Å². The second-order valence-corrected chi connectivity index (χ2v) is 4.37. The van der Waals surface area contributed by atoms with E-state index in [1.165, 1.54) is 16.7 Å². The van der Waals surface area contributed by atoms with Crippen LogP contribution in [0.25, 0.3) is 21.8 Å². The molecule has 0 atom stereocenters. The van der Waals surface area contributed by atoms with E-state index < -0.39 is 0 Å². The summed E-state index contributed by atoms with van der Waals surface area (Å²) in [6.45, 7) is 1.87. The highest BCUT2D eigenvalue weighted by molar-refractivity contribution is 6.03. The molecule has 0 spiro atoms. The van der Waals surface area contributed by atoms with Crippen LogP contribution in [0.1, 0.15) is 5.69 Å². The second kappa shape index (κ2) is 3.63. The van der Waals surface area contributed by atoms with E-state index in [4.69, 9.17) is 0 Å². The number of rotatable bonds is 0. The van der Waals surface area contributed by atoms with Gasteiger partial charge in [0.15, 0.2) is 0 Å². The van der Waals surface area contributed by atoms with Gasteiger partial charge >= 0.3 is 0 Å². The van der Waals surface area contributed by atoms with Crippen molar-refractivity contribution in [3.63, 3.8) is 0 Å². The first-order chi connectivity index (χ1) is 8.58. The molecule has 0 bridgehead atoms. The van der Waals surface area contributed by atoms with E-state index in [1.807, 2.05) is 6.92 Å². The van der Waals surface area contributed by atoms with Gasteiger partial charge in [-0.25, -0.2) is 4.39 Å². The van der Waals surface area contributed by atoms with E-state index >= 15 is 0 Å². The van der Waals surface area contributed by atoms with Crippen LogP contribution in [-0.4, -0.2) is 9.55 Å². The van der Waals surface area contributed by atoms with Crippen LogP contribution in [0.4, 0.5) is 4.39 Å². The molecule has 3 rings (SSSR count). The molecule has 2 heterocycles. The average molecular weight is 242 g/mol. The zero-order chi connectivity index (χ0) is 12.9. The molecule has 0 aliphatic carbocycles. The van der Waals surface area contributed by atoms with Gasteiger partial charge in [0, 0.05) is 18.1 Å². The summed E-state index contributed by atoms with van der Waals surface area (Å²) >= 11 is 0. The first kappa shape index (κ1) is 10.9. The van der Waals surface area contributed by atoms with Crippen LogP contribution in [-0.2, 0) is 7.05 Å². The van der Waals surface area contributed by atoms with Gasteiger partial charge in [-0.2, -0.15) is 0 Å². The van der Waals surface area contributed by atoms with Crippen LogP contribution in [0.3, 0.4) is 0 Å². The van der Waals surface area contributed by atoms with Crippen molar-refractivity contribution in [2.45, 2.75) is 6.92 Å². The molecule has 0 aliphatic rings. The summed E-state index contributed by atoms with van der Waals surface area (Å²) in [5.74, 6) is -0.357. The molecule has 2 aromatic heterocycles. The number of aromatic nitrogens is 2. The molecule has 0 aliphatic heterocycles. The highest BCUT2D eigenvalue weighted by Gasteiger charge is 2.10. The topological polar surface area (TPSA) is 34.9 Å². The Morgan fingerprint density at radius 3 is 2.67 bits per heavy atom. The van der Waals surface area contributed by atoms with Crippen molar-refractivity contribution in [1.82, 2.24) is 9.55 Å². The van der Waals surface area contributed by atoms with E-state index in [2.05, 4.69) is 4.98 Å². The normalized spacial score (nSPS) is 11.3. The van der Waals surface area contributed by atoms with E-state index in [-0.39, 0.29) is 11.4 Å². The van der Waals surface area contributed by atoms with Crippen molar-refractivity contribution >= 4 is 21.8 Å². The fraction of sp³-hybridized carbons (Fsp3) is 0.143. The lowest BCUT2D eigenvalue weighted by Crippen LogP contribution is -2.18. The van der Waals surface area contributed by atoms with Gasteiger partial charge in [-0.05, 0) is 37.3 Å². The van der Waals surface area contributed by atoms with Gasteiger partial charge in [-0.15, -0.1) is 0 Å². The van der Waals surface area contributed by atoms with E-state index in [0.717, 1.165) is 11.1 Å². The van der Waals surface area contributed by atoms with Crippen molar-refractivity contribution in [2.24, 2.45) is 7.05 Å². The summed E-state index contributed by atoms with van der Waals surface area (Å²) in [5, 5.41) is 1.35. The van der Waals surface area contributed by atoms with Gasteiger partial charge in [0.2, 0.25) is 0 Å². The fourth-order valence-electron chi connectivity index (χ4n) is 2.21. The average Bonchev–Trinajstić information content (AvgIpc) is 2.35. The summed E-state index contributed by atoms with van der Waals surface area (Å²) in [6.07, 6.45) is 0. The molecule has 4 heteroatoms. The minimum atomic E-state index is -0.357. The second-order valence-electron chi connectivity index (χ2n) is 4.37. The lowest BCUT2D eigenvalue weighted by molar-refractivity contribution is 0.628. The maximum Gasteiger partial charge on any atom is 0.260 e. The molecular weight excluding hydrogens is 231 g/mol. The molecule has 3 aromatic rings. The van der Waals surface area contributed by atoms with Gasteiger partial charge in [0.1, 0.15) is 5.82 Å². The number of hydrogen-bond donors (Lipinski definition) is 0. The Kier molecular flexibility index (Phi) is 2.20. The maximum atomic E-state index is 13.3. The first-order valence-electron chi connectivity index (χ1n) is 5.63. The summed E-state index contributed by atoms with van der Waals surface area (Å²) < 4.78 is 14.7. The van der Waals surface area contributed by atoms with Gasteiger partial charge in [0.25, 0.3) is 5.56 Å². The molecule has 0 fully saturated rings. The monoisotopic (exact) mass is 242 g/mol. The predicted octanol–water partition coefficient (Wildman–Crippen LogP) is 2.53. The van der Waals surface area contributed by atoms with E-state index in [9.17, 15) is 9.18 Å². The smallest absolute Gasteiger partial charge is 0.260 e. The number of pyridine rings is 2. The van der Waals surface area contributed by atoms with Gasteiger partial charge < -0.3 is 4.57 Å². The summed E-state index contributed by atoms with van der Waals surface area (Å²) in [5.41, 5.74) is 1.87. The molecule has 0 unspecified atom stereocenters. The van der Waals surface area contributed by atoms with Crippen LogP contribution < -0.4 is 5.56 Å². The number of hydrogen-bond acceptors (Lipinski definition) is 2. The summed E-state index contributed by atoms with van der Waals surface area (Å²) in [7, 11) is 1.64. The Morgan fingerprint density at radius 2 is 1.89 bits per heavy atom. The lowest BCUT2D eigenvalue weighted by Gasteiger charge is -2.08. The number of nitrogens with zero attached hydrogens (tertiary/aromatic N) is 2. The van der Waals surface area contributed by atoms with Gasteiger partial charge in [-0.1, -0.05) is 0 Å². The van der Waals surface area contributed by atoms with Crippen molar-refractivity contribution in [3.05, 3.63) is 52.2 Å². The molecule has 0 amide bonds. The van der Waals surface area contributed by atoms with Crippen molar-refractivity contribution < 1.29 is 4.39 Å². The lowest BCUT2D eigenvalue weighted by atomic mass is 10.1. The van der Waals surface area contributed by atoms with Gasteiger partial charge in [-0.3, -0.25) is 9.78 Å². The Hall–Kier alpha value is -2.23. The SMILES string of the molecule is Cc1ccc2c(=O)n(C)c3cc(F)ccc3c2n1. The third-order valence-electron chi connectivity index (χ3n) is 3.15. The highest BCUT2D eigenvalue weighted by atomic mass is 19.1. The number of aryl methyl sites for hydroxylation is 2. The van der Waals surface area contributed by atoms with Gasteiger partial charge in [0.05, 0.1) is 16.4 Å². The predicted molar refractivity (Wildman–Crippen MR) is 69.2 cm³/mol. The Morgan fingerprint density at radius 1 is 1.17 bits per heavy atom. The quantitative estimate of drug-likeness (QED) is 0.568. The molecule has 0 N–H and O–H groups in total. The molecule has 0 radical (unpaired) electrons. The minimum absolute atomic E-state index is 0.157. The van der Waals surface area contributed by atoms with Crippen LogP contribution in [0.5, 0.6) is 0 Å². The van der Waals surface area contributed by atoms with Crippen LogP contribution >= 0.6 is 0 Å². The molecule has 0 saturated carbocycles. The maximum absolute atomic E-state index is 13.3. The van der Waals surface area contributed by atoms with Crippen molar-refractivity contribution in [3.8, 4) is 0 Å². The Balaban J connectivity index is 2.68. The zero-order valence-corrected chi connectivity index (χ0v) is 10.1. The number of benzene rings is 1. The zero-order valence-electron chi connectivity index (χ0n) is 10.1. The summed E-state index contributed by atoms with van der Waals surface area (Å²) in [6, 6.07) is 7.98. The van der Waals surface area contributed by atoms with E-state index in [1.54, 1.807) is 25.2 Å². The number of fused-ring (bicyclic) bond motifs is 3. The summed E-state index contributed by atoms with van der Waals surface area (Å²) in [4.78, 5) is 16.6. The molecule has 90 valence electrons. The highest BCUT2D eigenvalue weighted by Crippen LogP contribution is 2.21. The van der Waals surface area contributed by atoms with Crippen molar-refractivity contribution in [1.29, 1.82) is 0 Å². The molecule has 18 heavy (non-hydrogen) atoms. The van der Waals surface area contributed by atoms with Crippen LogP contribution in [0.15, 0.2) is 35.1 Å². The van der Waals surface area contributed by atoms with Crippen LogP contribution in [0, 0.1) is 12.7 Å². The third kappa shape index (κ3) is 1.42. The minimum Gasteiger partial charge on any atom is -0.311 e.